The van der Waals surface area contributed by atoms with E-state index in [1.54, 1.807) is 6.07 Å². The van der Waals surface area contributed by atoms with E-state index in [9.17, 15) is 9.18 Å². The third kappa shape index (κ3) is 3.72. The Morgan fingerprint density at radius 3 is 2.61 bits per heavy atom. The van der Waals surface area contributed by atoms with Crippen LogP contribution in [-0.2, 0) is 4.79 Å². The van der Waals surface area contributed by atoms with Crippen molar-refractivity contribution in [3.05, 3.63) is 53.8 Å². The van der Waals surface area contributed by atoms with Gasteiger partial charge in [0.15, 0.2) is 5.13 Å². The lowest BCUT2D eigenvalue weighted by molar-refractivity contribution is -0.114. The van der Waals surface area contributed by atoms with Crippen molar-refractivity contribution in [2.24, 2.45) is 0 Å². The van der Waals surface area contributed by atoms with Gasteiger partial charge < -0.3 is 10.2 Å². The Hall–Kier alpha value is -2.51. The maximum absolute atomic E-state index is 14.1. The van der Waals surface area contributed by atoms with Crippen molar-refractivity contribution < 1.29 is 9.18 Å². The fourth-order valence-corrected chi connectivity index (χ4v) is 4.69. The van der Waals surface area contributed by atoms with Crippen LogP contribution >= 0.6 is 11.3 Å². The highest BCUT2D eigenvalue weighted by Crippen LogP contribution is 2.34. The molecule has 1 aromatic heterocycles. The molecule has 7 heteroatoms. The molecular formula is C21H23FN4OS. The molecule has 1 aliphatic heterocycles. The zero-order valence-corrected chi connectivity index (χ0v) is 16.8. The molecule has 0 radical (unpaired) electrons. The molecule has 1 aliphatic rings. The number of thiazole rings is 1. The van der Waals surface area contributed by atoms with Gasteiger partial charge in [0.05, 0.1) is 10.4 Å². The predicted octanol–water partition coefficient (Wildman–Crippen LogP) is 4.28. The zero-order chi connectivity index (χ0) is 19.7. The molecule has 1 fully saturated rings. The lowest BCUT2D eigenvalue weighted by atomic mass is 10.1. The number of nitrogens with zero attached hydrogens (tertiary/aromatic N) is 3. The summed E-state index contributed by atoms with van der Waals surface area (Å²) in [4.78, 5) is 20.6. The number of fused-ring (bicyclic) bond motifs is 1. The number of halogens is 1. The summed E-state index contributed by atoms with van der Waals surface area (Å²) < 4.78 is 15.2. The molecule has 28 heavy (non-hydrogen) atoms. The number of nitrogens with one attached hydrogen (secondary N) is 1. The monoisotopic (exact) mass is 398 g/mol. The van der Waals surface area contributed by atoms with Crippen molar-refractivity contribution in [1.29, 1.82) is 0 Å². The second-order valence-electron chi connectivity index (χ2n) is 7.04. The number of aromatic nitrogens is 1. The number of para-hydroxylation sites is 1. The van der Waals surface area contributed by atoms with E-state index in [1.807, 2.05) is 24.3 Å². The molecular weight excluding hydrogens is 375 g/mol. The van der Waals surface area contributed by atoms with Crippen LogP contribution in [0.15, 0.2) is 42.5 Å². The van der Waals surface area contributed by atoms with Crippen molar-refractivity contribution >= 4 is 38.3 Å². The Morgan fingerprint density at radius 2 is 1.89 bits per heavy atom. The number of hydrogen-bond acceptors (Lipinski definition) is 5. The van der Waals surface area contributed by atoms with Crippen LogP contribution in [0.3, 0.4) is 0 Å². The van der Waals surface area contributed by atoms with Crippen molar-refractivity contribution in [3.8, 4) is 0 Å². The fraction of sp³-hybridized carbons (Fsp3) is 0.333. The zero-order valence-electron chi connectivity index (χ0n) is 16.0. The summed E-state index contributed by atoms with van der Waals surface area (Å²) in [6.07, 6.45) is 0. The highest BCUT2D eigenvalue weighted by atomic mass is 32.1. The van der Waals surface area contributed by atoms with Gasteiger partial charge in [-0.3, -0.25) is 9.69 Å². The van der Waals surface area contributed by atoms with Crippen LogP contribution in [0.2, 0.25) is 0 Å². The minimum absolute atomic E-state index is 0.0461. The second-order valence-corrected chi connectivity index (χ2v) is 8.08. The fourth-order valence-electron chi connectivity index (χ4n) is 3.75. The molecule has 0 bridgehead atoms. The molecule has 1 amide bonds. The number of rotatable bonds is 4. The average molecular weight is 399 g/mol. The summed E-state index contributed by atoms with van der Waals surface area (Å²) >= 11 is 1.49. The molecule has 4 rings (SSSR count). The van der Waals surface area contributed by atoms with Gasteiger partial charge in [0.25, 0.3) is 0 Å². The molecule has 3 aromatic rings. The lowest BCUT2D eigenvalue weighted by Gasteiger charge is -2.39. The van der Waals surface area contributed by atoms with E-state index in [0.717, 1.165) is 47.6 Å². The summed E-state index contributed by atoms with van der Waals surface area (Å²) in [6.45, 7) is 6.97. The summed E-state index contributed by atoms with van der Waals surface area (Å²) in [5, 5.41) is 3.40. The first-order chi connectivity index (χ1) is 13.5. The van der Waals surface area contributed by atoms with E-state index in [2.05, 4.69) is 33.1 Å². The Bertz CT molecular complexity index is 997. The smallest absolute Gasteiger partial charge is 0.223 e. The van der Waals surface area contributed by atoms with E-state index in [1.165, 1.54) is 24.3 Å². The Kier molecular flexibility index (Phi) is 5.28. The van der Waals surface area contributed by atoms with Crippen LogP contribution in [0.25, 0.3) is 10.2 Å². The maximum atomic E-state index is 14.1. The van der Waals surface area contributed by atoms with Crippen LogP contribution < -0.4 is 10.2 Å². The molecule has 1 saturated heterocycles. The maximum Gasteiger partial charge on any atom is 0.223 e. The summed E-state index contributed by atoms with van der Waals surface area (Å²) in [6, 6.07) is 13.2. The van der Waals surface area contributed by atoms with Gasteiger partial charge in [-0.05, 0) is 25.1 Å². The minimum atomic E-state index is -0.143. The Balaban J connectivity index is 1.50. The molecule has 0 aliphatic carbocycles. The van der Waals surface area contributed by atoms with Crippen LogP contribution in [0.5, 0.6) is 0 Å². The topological polar surface area (TPSA) is 48.5 Å². The first-order valence-corrected chi connectivity index (χ1v) is 10.2. The highest BCUT2D eigenvalue weighted by Gasteiger charge is 2.25. The van der Waals surface area contributed by atoms with Crippen molar-refractivity contribution in [1.82, 2.24) is 9.88 Å². The summed E-state index contributed by atoms with van der Waals surface area (Å²) in [7, 11) is 0. The first kappa shape index (κ1) is 18.8. The average Bonchev–Trinajstić information content (AvgIpc) is 3.09. The van der Waals surface area contributed by atoms with Gasteiger partial charge >= 0.3 is 0 Å². The number of amides is 1. The highest BCUT2D eigenvalue weighted by molar-refractivity contribution is 7.22. The van der Waals surface area contributed by atoms with Gasteiger partial charge in [-0.2, -0.15) is 0 Å². The van der Waals surface area contributed by atoms with Gasteiger partial charge in [-0.1, -0.05) is 35.6 Å². The Morgan fingerprint density at radius 1 is 1.14 bits per heavy atom. The minimum Gasteiger partial charge on any atom is -0.367 e. The first-order valence-electron chi connectivity index (χ1n) is 9.43. The lowest BCUT2D eigenvalue weighted by Crippen LogP contribution is -2.47. The van der Waals surface area contributed by atoms with Crippen molar-refractivity contribution in [3.63, 3.8) is 0 Å². The van der Waals surface area contributed by atoms with Crippen molar-refractivity contribution in [2.45, 2.75) is 19.9 Å². The van der Waals surface area contributed by atoms with Gasteiger partial charge in [0.1, 0.15) is 11.3 Å². The number of piperazine rings is 1. The standard InChI is InChI=1S/C21H23FN4OS/c1-14(16-6-3-4-7-17(16)22)25-10-12-26(13-11-25)18-8-5-9-19-20(18)24-21(28-19)23-15(2)27/h3-9,14H,10-13H2,1-2H3,(H,23,24,27). The third-order valence-electron chi connectivity index (χ3n) is 5.24. The Labute approximate surface area is 167 Å². The third-order valence-corrected chi connectivity index (χ3v) is 6.17. The molecule has 0 spiro atoms. The molecule has 1 N–H and O–H groups in total. The van der Waals surface area contributed by atoms with E-state index in [4.69, 9.17) is 0 Å². The molecule has 5 nitrogen and oxygen atoms in total. The summed E-state index contributed by atoms with van der Waals surface area (Å²) in [5.74, 6) is -0.258. The summed E-state index contributed by atoms with van der Waals surface area (Å²) in [5.41, 5.74) is 2.76. The number of hydrogen-bond donors (Lipinski definition) is 1. The molecule has 146 valence electrons. The normalized spacial score (nSPS) is 16.3. The van der Waals surface area contributed by atoms with Crippen LogP contribution in [0, 0.1) is 5.82 Å². The van der Waals surface area contributed by atoms with Crippen LogP contribution in [0.4, 0.5) is 15.2 Å². The van der Waals surface area contributed by atoms with Gasteiger partial charge in [0, 0.05) is 44.7 Å². The number of anilines is 2. The number of carbonyl (C=O) groups excluding carboxylic acids is 1. The molecule has 2 heterocycles. The van der Waals surface area contributed by atoms with Gasteiger partial charge in [0.2, 0.25) is 5.91 Å². The van der Waals surface area contributed by atoms with Gasteiger partial charge in [-0.25, -0.2) is 9.37 Å². The predicted molar refractivity (Wildman–Crippen MR) is 113 cm³/mol. The van der Waals surface area contributed by atoms with Crippen molar-refractivity contribution in [2.75, 3.05) is 36.4 Å². The second kappa shape index (κ2) is 7.85. The molecule has 0 saturated carbocycles. The quantitative estimate of drug-likeness (QED) is 0.713. The van der Waals surface area contributed by atoms with E-state index in [-0.39, 0.29) is 17.8 Å². The molecule has 1 atom stereocenters. The SMILES string of the molecule is CC(=O)Nc1nc2c(N3CCN(C(C)c4ccccc4F)CC3)cccc2s1. The number of carbonyl (C=O) groups is 1. The van der Waals surface area contributed by atoms with E-state index in [0.29, 0.717) is 5.13 Å². The number of benzene rings is 2. The largest absolute Gasteiger partial charge is 0.367 e. The molecule has 2 aromatic carbocycles. The van der Waals surface area contributed by atoms with Crippen LogP contribution in [-0.4, -0.2) is 42.0 Å². The van der Waals surface area contributed by atoms with E-state index < -0.39 is 0 Å². The van der Waals surface area contributed by atoms with Gasteiger partial charge in [-0.15, -0.1) is 0 Å². The molecule has 1 unspecified atom stereocenters. The van der Waals surface area contributed by atoms with Crippen LogP contribution in [0.1, 0.15) is 25.5 Å². The van der Waals surface area contributed by atoms with E-state index >= 15 is 0 Å².